The van der Waals surface area contributed by atoms with Gasteiger partial charge in [-0.1, -0.05) is 25.5 Å². The first-order valence-electron chi connectivity index (χ1n) is 5.25. The summed E-state index contributed by atoms with van der Waals surface area (Å²) in [6.45, 7) is 6.61. The van der Waals surface area contributed by atoms with Gasteiger partial charge in [0.2, 0.25) is 0 Å². The molecular weight excluding hydrogens is 160 g/mol. The normalized spacial score (nSPS) is 24.5. The molecule has 0 fully saturated rings. The van der Waals surface area contributed by atoms with E-state index in [9.17, 15) is 4.79 Å². The van der Waals surface area contributed by atoms with E-state index in [1.807, 2.05) is 0 Å². The highest BCUT2D eigenvalue weighted by Gasteiger charge is 2.18. The minimum atomic E-state index is 0.419. The van der Waals surface area contributed by atoms with E-state index in [2.05, 4.69) is 26.8 Å². The quantitative estimate of drug-likeness (QED) is 0.596. The summed E-state index contributed by atoms with van der Waals surface area (Å²) in [4.78, 5) is 11.4. The van der Waals surface area contributed by atoms with Gasteiger partial charge >= 0.3 is 0 Å². The lowest BCUT2D eigenvalue weighted by Gasteiger charge is -2.16. The Morgan fingerprint density at radius 3 is 2.77 bits per heavy atom. The van der Waals surface area contributed by atoms with Crippen molar-refractivity contribution in [2.45, 2.75) is 46.5 Å². The van der Waals surface area contributed by atoms with Crippen molar-refractivity contribution in [1.82, 2.24) is 0 Å². The zero-order chi connectivity index (χ0) is 9.84. The number of carbonyl (C=O) groups is 1. The van der Waals surface area contributed by atoms with Crippen LogP contribution in [0.5, 0.6) is 0 Å². The fourth-order valence-corrected chi connectivity index (χ4v) is 2.14. The van der Waals surface area contributed by atoms with Crippen LogP contribution in [0.4, 0.5) is 0 Å². The van der Waals surface area contributed by atoms with Crippen molar-refractivity contribution in [3.63, 3.8) is 0 Å². The van der Waals surface area contributed by atoms with Crippen LogP contribution in [0.15, 0.2) is 11.6 Å². The van der Waals surface area contributed by atoms with E-state index >= 15 is 0 Å². The zero-order valence-electron chi connectivity index (χ0n) is 8.97. The van der Waals surface area contributed by atoms with Crippen LogP contribution in [-0.4, -0.2) is 5.78 Å². The number of hydrogen-bond acceptors (Lipinski definition) is 1. The van der Waals surface area contributed by atoms with E-state index < -0.39 is 0 Å². The third-order valence-corrected chi connectivity index (χ3v) is 2.61. The molecule has 0 saturated heterocycles. The molecule has 1 unspecified atom stereocenters. The van der Waals surface area contributed by atoms with Crippen LogP contribution in [0.1, 0.15) is 46.5 Å². The molecule has 1 aliphatic rings. The van der Waals surface area contributed by atoms with Crippen LogP contribution in [0, 0.1) is 11.8 Å². The van der Waals surface area contributed by atoms with Crippen LogP contribution in [0.25, 0.3) is 0 Å². The van der Waals surface area contributed by atoms with Crippen molar-refractivity contribution >= 4 is 5.78 Å². The molecule has 0 N–H and O–H groups in total. The third kappa shape index (κ3) is 3.75. The smallest absolute Gasteiger partial charge is 0.136 e. The lowest BCUT2D eigenvalue weighted by atomic mass is 9.89. The van der Waals surface area contributed by atoms with E-state index in [0.717, 1.165) is 12.8 Å². The molecule has 0 heterocycles. The highest BCUT2D eigenvalue weighted by molar-refractivity contribution is 5.80. The Morgan fingerprint density at radius 1 is 1.46 bits per heavy atom. The molecule has 0 aromatic rings. The maximum absolute atomic E-state index is 11.4. The predicted octanol–water partition coefficient (Wildman–Crippen LogP) is 3.35. The zero-order valence-corrected chi connectivity index (χ0v) is 8.97. The summed E-state index contributed by atoms with van der Waals surface area (Å²) in [6.07, 6.45) is 5.88. The second-order valence-corrected chi connectivity index (χ2v) is 4.70. The number of hydrogen-bond donors (Lipinski definition) is 0. The molecule has 13 heavy (non-hydrogen) atoms. The first kappa shape index (κ1) is 10.5. The fourth-order valence-electron chi connectivity index (χ4n) is 2.14. The Hall–Kier alpha value is -0.590. The molecule has 1 aliphatic carbocycles. The lowest BCUT2D eigenvalue weighted by molar-refractivity contribution is -0.119. The summed E-state index contributed by atoms with van der Waals surface area (Å²) in [6, 6.07) is 0. The van der Waals surface area contributed by atoms with Crippen molar-refractivity contribution in [3.05, 3.63) is 11.6 Å². The maximum atomic E-state index is 11.4. The molecule has 0 spiro atoms. The molecule has 0 aliphatic heterocycles. The minimum absolute atomic E-state index is 0.419. The molecule has 1 heteroatoms. The Bertz CT molecular complexity index is 213. The van der Waals surface area contributed by atoms with Gasteiger partial charge in [0.05, 0.1) is 0 Å². The predicted molar refractivity (Wildman–Crippen MR) is 55.6 cm³/mol. The standard InChI is InChI=1S/C12H20O/c1-9(2)6-11-7-10(3)4-5-12(13)8-11/h4,9,11H,5-8H2,1-3H3. The molecule has 1 atom stereocenters. The molecular formula is C12H20O. The van der Waals surface area contributed by atoms with E-state index in [1.54, 1.807) is 0 Å². The van der Waals surface area contributed by atoms with Crippen molar-refractivity contribution in [1.29, 1.82) is 0 Å². The number of allylic oxidation sites excluding steroid dienone is 2. The molecule has 0 amide bonds. The van der Waals surface area contributed by atoms with Gasteiger partial charge in [-0.2, -0.15) is 0 Å². The molecule has 0 radical (unpaired) electrons. The highest BCUT2D eigenvalue weighted by Crippen LogP contribution is 2.26. The molecule has 1 rings (SSSR count). The van der Waals surface area contributed by atoms with E-state index in [4.69, 9.17) is 0 Å². The summed E-state index contributed by atoms with van der Waals surface area (Å²) < 4.78 is 0. The van der Waals surface area contributed by atoms with Crippen molar-refractivity contribution in [3.8, 4) is 0 Å². The van der Waals surface area contributed by atoms with E-state index in [-0.39, 0.29) is 0 Å². The van der Waals surface area contributed by atoms with Crippen molar-refractivity contribution in [2.75, 3.05) is 0 Å². The van der Waals surface area contributed by atoms with Gasteiger partial charge in [-0.3, -0.25) is 4.79 Å². The summed E-state index contributed by atoms with van der Waals surface area (Å²) in [5, 5.41) is 0. The Labute approximate surface area is 81.2 Å². The van der Waals surface area contributed by atoms with Gasteiger partial charge in [-0.15, -0.1) is 0 Å². The summed E-state index contributed by atoms with van der Waals surface area (Å²) in [5.74, 6) is 1.73. The molecule has 1 nitrogen and oxygen atoms in total. The van der Waals surface area contributed by atoms with Gasteiger partial charge in [-0.25, -0.2) is 0 Å². The molecule has 0 saturated carbocycles. The van der Waals surface area contributed by atoms with Gasteiger partial charge in [0.25, 0.3) is 0 Å². The highest BCUT2D eigenvalue weighted by atomic mass is 16.1. The van der Waals surface area contributed by atoms with Gasteiger partial charge in [0.1, 0.15) is 5.78 Å². The van der Waals surface area contributed by atoms with E-state index in [0.29, 0.717) is 24.0 Å². The van der Waals surface area contributed by atoms with Crippen LogP contribution in [0.3, 0.4) is 0 Å². The van der Waals surface area contributed by atoms with Crippen LogP contribution in [-0.2, 0) is 4.79 Å². The average molecular weight is 180 g/mol. The summed E-state index contributed by atoms with van der Waals surface area (Å²) in [7, 11) is 0. The molecule has 74 valence electrons. The van der Waals surface area contributed by atoms with E-state index in [1.165, 1.54) is 12.0 Å². The monoisotopic (exact) mass is 180 g/mol. The van der Waals surface area contributed by atoms with Crippen molar-refractivity contribution in [2.24, 2.45) is 11.8 Å². The second kappa shape index (κ2) is 4.59. The first-order valence-corrected chi connectivity index (χ1v) is 5.25. The first-order chi connectivity index (χ1) is 6.08. The van der Waals surface area contributed by atoms with Gasteiger partial charge < -0.3 is 0 Å². The van der Waals surface area contributed by atoms with Gasteiger partial charge in [0.15, 0.2) is 0 Å². The van der Waals surface area contributed by atoms with Crippen LogP contribution >= 0.6 is 0 Å². The summed E-state index contributed by atoms with van der Waals surface area (Å²) in [5.41, 5.74) is 1.40. The average Bonchev–Trinajstić information content (AvgIpc) is 2.11. The number of ketones is 1. The maximum Gasteiger partial charge on any atom is 0.136 e. The Morgan fingerprint density at radius 2 is 2.15 bits per heavy atom. The SMILES string of the molecule is CC1=CCC(=O)CC(CC(C)C)C1. The Kier molecular flexibility index (Phi) is 3.71. The van der Waals surface area contributed by atoms with Gasteiger partial charge in [-0.05, 0) is 31.6 Å². The lowest BCUT2D eigenvalue weighted by Crippen LogP contribution is -2.08. The van der Waals surface area contributed by atoms with Crippen LogP contribution < -0.4 is 0 Å². The van der Waals surface area contributed by atoms with Crippen LogP contribution in [0.2, 0.25) is 0 Å². The molecule has 0 aromatic heterocycles. The Balaban J connectivity index is 2.54. The fraction of sp³-hybridized carbons (Fsp3) is 0.750. The number of rotatable bonds is 2. The number of Topliss-reactive ketones (excluding diaryl/α,β-unsaturated/α-hetero) is 1. The summed E-state index contributed by atoms with van der Waals surface area (Å²) >= 11 is 0. The minimum Gasteiger partial charge on any atom is -0.299 e. The molecule has 0 bridgehead atoms. The molecule has 0 aromatic carbocycles. The topological polar surface area (TPSA) is 17.1 Å². The largest absolute Gasteiger partial charge is 0.299 e. The number of carbonyl (C=O) groups excluding carboxylic acids is 1. The van der Waals surface area contributed by atoms with Crippen molar-refractivity contribution < 1.29 is 4.79 Å². The van der Waals surface area contributed by atoms with Gasteiger partial charge in [0, 0.05) is 12.8 Å². The third-order valence-electron chi connectivity index (χ3n) is 2.61. The second-order valence-electron chi connectivity index (χ2n) is 4.70.